The lowest BCUT2D eigenvalue weighted by Gasteiger charge is -2.17. The normalized spacial score (nSPS) is 12.5. The number of aliphatic hydroxyl groups is 1. The lowest BCUT2D eigenvalue weighted by molar-refractivity contribution is 0.0953. The summed E-state index contributed by atoms with van der Waals surface area (Å²) in [6, 6.07) is 3.43. The van der Waals surface area contributed by atoms with Crippen LogP contribution in [-0.2, 0) is 6.54 Å². The fourth-order valence-corrected chi connectivity index (χ4v) is 1.53. The number of hydrogen-bond donors (Lipinski definition) is 3. The molecule has 4 N–H and O–H groups in total. The molecule has 0 spiro atoms. The third-order valence-corrected chi connectivity index (χ3v) is 2.23. The zero-order chi connectivity index (χ0) is 12.8. The van der Waals surface area contributed by atoms with Gasteiger partial charge in [0.2, 0.25) is 0 Å². The summed E-state index contributed by atoms with van der Waals surface area (Å²) in [5.41, 5.74) is 3.31. The predicted octanol–water partition coefficient (Wildman–Crippen LogP) is -0.502. The second kappa shape index (κ2) is 6.29. The number of pyridine rings is 1. The highest BCUT2D eigenvalue weighted by Crippen LogP contribution is 2.03. The van der Waals surface area contributed by atoms with Crippen LogP contribution in [0, 0.1) is 0 Å². The van der Waals surface area contributed by atoms with Crippen LogP contribution in [0.2, 0.25) is 0 Å². The predicted molar refractivity (Wildman–Crippen MR) is 63.9 cm³/mol. The van der Waals surface area contributed by atoms with Gasteiger partial charge in [-0.3, -0.25) is 20.1 Å². The number of likely N-dealkylation sites (N-methyl/N-ethyl adjacent to an activating group) is 1. The Morgan fingerprint density at radius 2 is 2.35 bits per heavy atom. The Labute approximate surface area is 100 Å². The zero-order valence-corrected chi connectivity index (χ0v) is 10.1. The summed E-state index contributed by atoms with van der Waals surface area (Å²) >= 11 is 0. The van der Waals surface area contributed by atoms with Crippen LogP contribution < -0.4 is 11.3 Å². The minimum Gasteiger partial charge on any atom is -0.392 e. The molecule has 1 atom stereocenters. The Kier molecular flexibility index (Phi) is 5.02. The Hall–Kier alpha value is -1.50. The Morgan fingerprint density at radius 1 is 1.65 bits per heavy atom. The monoisotopic (exact) mass is 238 g/mol. The van der Waals surface area contributed by atoms with Crippen LogP contribution in [0.1, 0.15) is 23.0 Å². The van der Waals surface area contributed by atoms with Gasteiger partial charge in [-0.15, -0.1) is 0 Å². The van der Waals surface area contributed by atoms with Crippen molar-refractivity contribution in [3.05, 3.63) is 29.6 Å². The number of aliphatic hydroxyl groups excluding tert-OH is 1. The van der Waals surface area contributed by atoms with Crippen LogP contribution in [0.25, 0.3) is 0 Å². The lowest BCUT2D eigenvalue weighted by atomic mass is 10.2. The molecule has 0 saturated carbocycles. The van der Waals surface area contributed by atoms with E-state index < -0.39 is 0 Å². The van der Waals surface area contributed by atoms with Crippen molar-refractivity contribution in [3.8, 4) is 0 Å². The molecule has 1 rings (SSSR count). The largest absolute Gasteiger partial charge is 0.392 e. The van der Waals surface area contributed by atoms with Gasteiger partial charge in [-0.25, -0.2) is 5.84 Å². The molecule has 0 bridgehead atoms. The molecular weight excluding hydrogens is 220 g/mol. The van der Waals surface area contributed by atoms with E-state index in [-0.39, 0.29) is 12.0 Å². The number of aromatic nitrogens is 1. The van der Waals surface area contributed by atoms with Crippen molar-refractivity contribution in [1.82, 2.24) is 15.3 Å². The van der Waals surface area contributed by atoms with Crippen molar-refractivity contribution in [2.24, 2.45) is 5.84 Å². The van der Waals surface area contributed by atoms with Gasteiger partial charge in [-0.2, -0.15) is 0 Å². The molecule has 1 amide bonds. The molecule has 0 aliphatic heterocycles. The number of nitrogens with one attached hydrogen (secondary N) is 1. The van der Waals surface area contributed by atoms with Crippen LogP contribution in [0.5, 0.6) is 0 Å². The maximum absolute atomic E-state index is 11.2. The van der Waals surface area contributed by atoms with E-state index >= 15 is 0 Å². The fourth-order valence-electron chi connectivity index (χ4n) is 1.53. The topological polar surface area (TPSA) is 91.5 Å². The van der Waals surface area contributed by atoms with E-state index in [9.17, 15) is 9.90 Å². The minimum atomic E-state index is -0.373. The molecule has 6 nitrogen and oxygen atoms in total. The number of amides is 1. The highest BCUT2D eigenvalue weighted by Gasteiger charge is 2.07. The third-order valence-electron chi connectivity index (χ3n) is 2.23. The first-order valence-electron chi connectivity index (χ1n) is 5.35. The summed E-state index contributed by atoms with van der Waals surface area (Å²) < 4.78 is 0. The fraction of sp³-hybridized carbons (Fsp3) is 0.455. The molecule has 0 fully saturated rings. The second-order valence-electron chi connectivity index (χ2n) is 4.06. The summed E-state index contributed by atoms with van der Waals surface area (Å²) in [4.78, 5) is 17.3. The van der Waals surface area contributed by atoms with E-state index in [1.807, 2.05) is 17.4 Å². The number of rotatable bonds is 5. The molecule has 0 aliphatic rings. The van der Waals surface area contributed by atoms with Gasteiger partial charge in [0.1, 0.15) is 0 Å². The zero-order valence-electron chi connectivity index (χ0n) is 10.1. The summed E-state index contributed by atoms with van der Waals surface area (Å²) in [6.07, 6.45) is 1.11. The van der Waals surface area contributed by atoms with Crippen molar-refractivity contribution >= 4 is 5.91 Å². The highest BCUT2D eigenvalue weighted by molar-refractivity contribution is 5.93. The molecule has 0 aromatic carbocycles. The van der Waals surface area contributed by atoms with Crippen molar-refractivity contribution < 1.29 is 9.90 Å². The lowest BCUT2D eigenvalue weighted by Crippen LogP contribution is -2.30. The van der Waals surface area contributed by atoms with Crippen molar-refractivity contribution in [1.29, 1.82) is 0 Å². The first-order chi connectivity index (χ1) is 8.02. The Balaban J connectivity index is 2.59. The molecule has 94 valence electrons. The average Bonchev–Trinajstić information content (AvgIpc) is 2.28. The summed E-state index contributed by atoms with van der Waals surface area (Å²) in [6.45, 7) is 2.93. The summed E-state index contributed by atoms with van der Waals surface area (Å²) in [7, 11) is 1.90. The van der Waals surface area contributed by atoms with Gasteiger partial charge in [-0.05, 0) is 26.1 Å². The van der Waals surface area contributed by atoms with E-state index in [0.717, 1.165) is 5.69 Å². The molecule has 0 aliphatic carbocycles. The Morgan fingerprint density at radius 3 is 2.82 bits per heavy atom. The molecule has 17 heavy (non-hydrogen) atoms. The van der Waals surface area contributed by atoms with E-state index in [2.05, 4.69) is 4.98 Å². The molecule has 1 aromatic rings. The van der Waals surface area contributed by atoms with E-state index in [1.54, 1.807) is 19.1 Å². The maximum Gasteiger partial charge on any atom is 0.266 e. The van der Waals surface area contributed by atoms with Crippen LogP contribution >= 0.6 is 0 Å². The first-order valence-corrected chi connectivity index (χ1v) is 5.35. The smallest absolute Gasteiger partial charge is 0.266 e. The molecule has 1 aromatic heterocycles. The van der Waals surface area contributed by atoms with E-state index in [1.165, 1.54) is 6.20 Å². The van der Waals surface area contributed by atoms with Gasteiger partial charge >= 0.3 is 0 Å². The van der Waals surface area contributed by atoms with E-state index in [0.29, 0.717) is 18.7 Å². The van der Waals surface area contributed by atoms with Crippen molar-refractivity contribution in [2.75, 3.05) is 13.6 Å². The second-order valence-corrected chi connectivity index (χ2v) is 4.06. The number of nitrogen functional groups attached to an aromatic ring is 1. The SMILES string of the molecule is CC(O)CN(C)Cc1ccc(C(=O)NN)cn1. The van der Waals surface area contributed by atoms with Crippen LogP contribution in [-0.4, -0.2) is 40.6 Å². The van der Waals surface area contributed by atoms with Crippen LogP contribution in [0.15, 0.2) is 18.3 Å². The maximum atomic E-state index is 11.2. The van der Waals surface area contributed by atoms with Gasteiger partial charge in [0.15, 0.2) is 0 Å². The highest BCUT2D eigenvalue weighted by atomic mass is 16.3. The molecule has 1 unspecified atom stereocenters. The number of carbonyl (C=O) groups is 1. The number of nitrogens with zero attached hydrogens (tertiary/aromatic N) is 2. The van der Waals surface area contributed by atoms with Gasteiger partial charge in [0, 0.05) is 19.3 Å². The summed E-state index contributed by atoms with van der Waals surface area (Å²) in [5.74, 6) is 4.65. The number of nitrogens with two attached hydrogens (primary N) is 1. The van der Waals surface area contributed by atoms with Crippen molar-refractivity contribution in [2.45, 2.75) is 19.6 Å². The van der Waals surface area contributed by atoms with Crippen molar-refractivity contribution in [3.63, 3.8) is 0 Å². The van der Waals surface area contributed by atoms with Gasteiger partial charge in [0.05, 0.1) is 17.4 Å². The number of hydrazine groups is 1. The number of hydrogen-bond acceptors (Lipinski definition) is 5. The molecule has 0 saturated heterocycles. The minimum absolute atomic E-state index is 0.360. The quantitative estimate of drug-likeness (QED) is 0.365. The van der Waals surface area contributed by atoms with Crippen LogP contribution in [0.3, 0.4) is 0 Å². The average molecular weight is 238 g/mol. The van der Waals surface area contributed by atoms with Crippen LogP contribution in [0.4, 0.5) is 0 Å². The van der Waals surface area contributed by atoms with Gasteiger partial charge < -0.3 is 5.11 Å². The standard InChI is InChI=1S/C11H18N4O2/c1-8(16)6-15(2)7-10-4-3-9(5-13-10)11(17)14-12/h3-5,8,16H,6-7,12H2,1-2H3,(H,14,17). The number of carbonyl (C=O) groups excluding carboxylic acids is 1. The van der Waals surface area contributed by atoms with E-state index in [4.69, 9.17) is 5.84 Å². The third kappa shape index (κ3) is 4.48. The Bertz CT molecular complexity index is 364. The molecule has 6 heteroatoms. The molecular formula is C11H18N4O2. The molecule has 1 heterocycles. The molecule has 0 radical (unpaired) electrons. The summed E-state index contributed by atoms with van der Waals surface area (Å²) in [5, 5.41) is 9.22. The first kappa shape index (κ1) is 13.6. The van der Waals surface area contributed by atoms with Gasteiger partial charge in [-0.1, -0.05) is 0 Å². The van der Waals surface area contributed by atoms with Gasteiger partial charge in [0.25, 0.3) is 5.91 Å².